The summed E-state index contributed by atoms with van der Waals surface area (Å²) in [6.07, 6.45) is 2.59. The van der Waals surface area contributed by atoms with Crippen molar-refractivity contribution >= 4 is 52.3 Å². The number of fused-ring (bicyclic) bond motifs is 2. The largest absolute Gasteiger partial charge is 0.391 e. The van der Waals surface area contributed by atoms with Gasteiger partial charge in [0, 0.05) is 49.5 Å². The molecule has 52 heavy (non-hydrogen) atoms. The van der Waals surface area contributed by atoms with E-state index in [0.717, 1.165) is 16.5 Å². The molecule has 8 N–H and O–H groups in total. The SMILES string of the molecule is CC(C)C[C@H]1NC(=O)[C@H](Cc2c[nH]c3ccccc23)NC(=O)[C@@H](C)NC(=O)[C@@H](NC(=O)[C@@H]2CCC(=O)N2)CCCCNC(=O)[C@@H]2C[C@@H](O)CN2C1=O. The zero-order chi connectivity index (χ0) is 37.5. The molecule has 3 saturated heterocycles. The Balaban J connectivity index is 1.43. The Morgan fingerprint density at radius 1 is 0.923 bits per heavy atom. The van der Waals surface area contributed by atoms with Crippen molar-refractivity contribution in [2.45, 2.75) is 114 Å². The molecule has 16 nitrogen and oxygen atoms in total. The maximum absolute atomic E-state index is 14.1. The quantitative estimate of drug-likeness (QED) is 0.189. The molecule has 0 saturated carbocycles. The molecule has 3 aliphatic rings. The molecule has 1 aromatic carbocycles. The number of H-pyrrole nitrogens is 1. The van der Waals surface area contributed by atoms with E-state index in [1.54, 1.807) is 6.20 Å². The molecule has 4 heterocycles. The van der Waals surface area contributed by atoms with Crippen LogP contribution in [0.4, 0.5) is 0 Å². The summed E-state index contributed by atoms with van der Waals surface area (Å²) in [5, 5.41) is 27.8. The second-order valence-corrected chi connectivity index (χ2v) is 14.4. The van der Waals surface area contributed by atoms with E-state index in [9.17, 15) is 38.7 Å². The lowest BCUT2D eigenvalue weighted by atomic mass is 10.00. The predicted molar refractivity (Wildman–Crippen MR) is 189 cm³/mol. The van der Waals surface area contributed by atoms with Gasteiger partial charge in [0.2, 0.25) is 41.4 Å². The van der Waals surface area contributed by atoms with Crippen LogP contribution in [0.3, 0.4) is 0 Å². The number of rotatable bonds is 6. The third kappa shape index (κ3) is 9.46. The van der Waals surface area contributed by atoms with Gasteiger partial charge in [-0.05, 0) is 56.6 Å². The van der Waals surface area contributed by atoms with Crippen LogP contribution in [0.15, 0.2) is 30.5 Å². The fraction of sp³-hybridized carbons (Fsp3) is 0.583. The van der Waals surface area contributed by atoms with Crippen LogP contribution in [0.5, 0.6) is 0 Å². The summed E-state index contributed by atoms with van der Waals surface area (Å²) in [5.74, 6) is -3.71. The molecular weight excluding hydrogens is 672 g/mol. The molecule has 7 atom stereocenters. The van der Waals surface area contributed by atoms with Crippen LogP contribution < -0.4 is 31.9 Å². The average molecular weight is 723 g/mol. The van der Waals surface area contributed by atoms with Crippen LogP contribution in [-0.2, 0) is 40.0 Å². The van der Waals surface area contributed by atoms with Crippen molar-refractivity contribution < 1.29 is 38.7 Å². The van der Waals surface area contributed by atoms with E-state index in [2.05, 4.69) is 36.9 Å². The molecular formula is C36H50N8O8. The van der Waals surface area contributed by atoms with Crippen LogP contribution >= 0.6 is 0 Å². The highest BCUT2D eigenvalue weighted by Crippen LogP contribution is 2.23. The van der Waals surface area contributed by atoms with E-state index < -0.39 is 77.8 Å². The van der Waals surface area contributed by atoms with Crippen molar-refractivity contribution in [3.05, 3.63) is 36.0 Å². The Morgan fingerprint density at radius 2 is 1.67 bits per heavy atom. The lowest BCUT2D eigenvalue weighted by Crippen LogP contribution is -2.59. The number of para-hydroxylation sites is 1. The van der Waals surface area contributed by atoms with Gasteiger partial charge in [-0.25, -0.2) is 0 Å². The molecule has 0 aliphatic carbocycles. The monoisotopic (exact) mass is 722 g/mol. The van der Waals surface area contributed by atoms with Gasteiger partial charge < -0.3 is 46.9 Å². The summed E-state index contributed by atoms with van der Waals surface area (Å²) in [4.78, 5) is 97.9. The zero-order valence-electron chi connectivity index (χ0n) is 29.8. The minimum atomic E-state index is -1.18. The van der Waals surface area contributed by atoms with Gasteiger partial charge in [0.05, 0.1) is 6.10 Å². The third-order valence-electron chi connectivity index (χ3n) is 9.83. The van der Waals surface area contributed by atoms with E-state index in [4.69, 9.17) is 0 Å². The van der Waals surface area contributed by atoms with Crippen molar-refractivity contribution in [1.82, 2.24) is 41.8 Å². The van der Waals surface area contributed by atoms with Crippen molar-refractivity contribution in [3.8, 4) is 0 Å². The van der Waals surface area contributed by atoms with E-state index in [1.165, 1.54) is 11.8 Å². The molecule has 0 spiro atoms. The second-order valence-electron chi connectivity index (χ2n) is 14.4. The molecule has 16 heteroatoms. The number of benzene rings is 1. The summed E-state index contributed by atoms with van der Waals surface area (Å²) in [7, 11) is 0. The maximum Gasteiger partial charge on any atom is 0.245 e. The van der Waals surface area contributed by atoms with Crippen molar-refractivity contribution in [2.75, 3.05) is 13.1 Å². The molecule has 282 valence electrons. The number of carbonyl (C=O) groups excluding carboxylic acids is 7. The highest BCUT2D eigenvalue weighted by molar-refractivity contribution is 5.98. The lowest BCUT2D eigenvalue weighted by molar-refractivity contribution is -0.142. The number of nitrogens with zero attached hydrogens (tertiary/aromatic N) is 1. The standard InChI is InChI=1S/C36H50N8O8/c1-19(2)14-28-36(52)44-18-22(45)16-29(44)35(51)37-13-7-6-10-25(41-33(49)26-11-12-30(46)40-26)32(48)39-20(3)31(47)42-27(34(50)43-28)15-21-17-38-24-9-5-4-8-23(21)24/h4-5,8-9,17,19-20,22,25-29,38,45H,6-7,10-16,18H2,1-3H3,(H,37,51)(H,39,48)(H,40,46)(H,41,49)(H,42,47)(H,43,50)/t20-,22-,25+,26+,27+,28-,29+/m1/s1. The van der Waals surface area contributed by atoms with Crippen LogP contribution in [0, 0.1) is 5.92 Å². The maximum atomic E-state index is 14.1. The molecule has 1 aromatic heterocycles. The number of aliphatic hydroxyl groups is 1. The number of amides is 7. The Hall–Kier alpha value is -4.99. The van der Waals surface area contributed by atoms with E-state index >= 15 is 0 Å². The first-order chi connectivity index (χ1) is 24.8. The summed E-state index contributed by atoms with van der Waals surface area (Å²) >= 11 is 0. The van der Waals surface area contributed by atoms with Crippen LogP contribution in [0.25, 0.3) is 10.9 Å². The van der Waals surface area contributed by atoms with Crippen molar-refractivity contribution in [3.63, 3.8) is 0 Å². The number of hydrogen-bond acceptors (Lipinski definition) is 8. The first-order valence-electron chi connectivity index (χ1n) is 18.1. The Morgan fingerprint density at radius 3 is 2.40 bits per heavy atom. The Bertz CT molecular complexity index is 1680. The van der Waals surface area contributed by atoms with Crippen molar-refractivity contribution in [2.24, 2.45) is 5.92 Å². The molecule has 7 amide bonds. The van der Waals surface area contributed by atoms with Gasteiger partial charge in [0.15, 0.2) is 0 Å². The number of aliphatic hydroxyl groups excluding tert-OH is 1. The first-order valence-corrected chi connectivity index (χ1v) is 18.1. The van der Waals surface area contributed by atoms with E-state index in [1.807, 2.05) is 38.1 Å². The van der Waals surface area contributed by atoms with Gasteiger partial charge >= 0.3 is 0 Å². The van der Waals surface area contributed by atoms with Gasteiger partial charge in [-0.15, -0.1) is 0 Å². The third-order valence-corrected chi connectivity index (χ3v) is 9.83. The molecule has 0 radical (unpaired) electrons. The average Bonchev–Trinajstić information content (AvgIpc) is 3.84. The van der Waals surface area contributed by atoms with Gasteiger partial charge in [0.1, 0.15) is 36.3 Å². The minimum Gasteiger partial charge on any atom is -0.391 e. The van der Waals surface area contributed by atoms with E-state index in [-0.39, 0.29) is 63.4 Å². The number of nitrogens with one attached hydrogen (secondary N) is 7. The Kier molecular flexibility index (Phi) is 12.5. The van der Waals surface area contributed by atoms with Crippen LogP contribution in [-0.4, -0.2) is 112 Å². The summed E-state index contributed by atoms with van der Waals surface area (Å²) < 4.78 is 0. The number of hydrogen-bond donors (Lipinski definition) is 8. The van der Waals surface area contributed by atoms with Crippen LogP contribution in [0.1, 0.15) is 71.3 Å². The zero-order valence-corrected chi connectivity index (χ0v) is 29.8. The summed E-state index contributed by atoms with van der Waals surface area (Å²) in [5.41, 5.74) is 1.56. The fourth-order valence-electron chi connectivity index (χ4n) is 7.03. The normalized spacial score (nSPS) is 28.6. The smallest absolute Gasteiger partial charge is 0.245 e. The number of aromatic nitrogens is 1. The predicted octanol–water partition coefficient (Wildman–Crippen LogP) is -0.744. The molecule has 0 unspecified atom stereocenters. The second kappa shape index (κ2) is 17.0. The van der Waals surface area contributed by atoms with Crippen LogP contribution in [0.2, 0.25) is 0 Å². The Labute approximate surface area is 302 Å². The minimum absolute atomic E-state index is 0.0308. The molecule has 5 rings (SSSR count). The molecule has 3 fully saturated rings. The summed E-state index contributed by atoms with van der Waals surface area (Å²) in [6.45, 7) is 5.38. The molecule has 0 bridgehead atoms. The molecule has 3 aliphatic heterocycles. The number of carbonyl (C=O) groups is 7. The fourth-order valence-corrected chi connectivity index (χ4v) is 7.03. The van der Waals surface area contributed by atoms with E-state index in [0.29, 0.717) is 12.8 Å². The lowest BCUT2D eigenvalue weighted by Gasteiger charge is -2.30. The number of aromatic amines is 1. The topological polar surface area (TPSA) is 231 Å². The first kappa shape index (κ1) is 38.2. The van der Waals surface area contributed by atoms with Crippen molar-refractivity contribution in [1.29, 1.82) is 0 Å². The summed E-state index contributed by atoms with van der Waals surface area (Å²) in [6, 6.07) is 1.32. The highest BCUT2D eigenvalue weighted by Gasteiger charge is 2.42. The van der Waals surface area contributed by atoms with Gasteiger partial charge in [0.25, 0.3) is 0 Å². The van der Waals surface area contributed by atoms with Gasteiger partial charge in [-0.3, -0.25) is 33.6 Å². The molecule has 2 aromatic rings. The van der Waals surface area contributed by atoms with Gasteiger partial charge in [-0.1, -0.05) is 32.0 Å². The highest BCUT2D eigenvalue weighted by atomic mass is 16.3. The van der Waals surface area contributed by atoms with Gasteiger partial charge in [-0.2, -0.15) is 0 Å².